The van der Waals surface area contributed by atoms with Crippen molar-refractivity contribution in [1.29, 1.82) is 0 Å². The molecule has 1 radical (unpaired) electrons. The number of amidine groups is 1. The van der Waals surface area contributed by atoms with E-state index >= 15 is 0 Å². The molecule has 1 aliphatic rings. The Morgan fingerprint density at radius 1 is 1.21 bits per heavy atom. The minimum absolute atomic E-state index is 0.0763. The molecule has 0 saturated carbocycles. The molecule has 1 saturated heterocycles. The summed E-state index contributed by atoms with van der Waals surface area (Å²) in [4.78, 5) is 41.2. The topological polar surface area (TPSA) is 76.7 Å². The van der Waals surface area contributed by atoms with Gasteiger partial charge in [-0.15, -0.1) is 0 Å². The number of amides is 1. The van der Waals surface area contributed by atoms with Gasteiger partial charge in [-0.3, -0.25) is 19.1 Å². The van der Waals surface area contributed by atoms with Crippen LogP contribution in [0.2, 0.25) is 5.02 Å². The molecule has 1 aromatic carbocycles. The molecule has 153 valence electrons. The molecule has 0 bridgehead atoms. The SMILES string of the molecule is [CH2]N1C(=O)CS/C1=N\c1cc(-n2c(=O)cc(C(F)(F)F)n(C)c2=O)c(F)cc1Cl. The number of rotatable bonds is 2. The van der Waals surface area contributed by atoms with Crippen molar-refractivity contribution >= 4 is 40.1 Å². The van der Waals surface area contributed by atoms with Gasteiger partial charge in [0.25, 0.3) is 5.56 Å². The van der Waals surface area contributed by atoms with Crippen molar-refractivity contribution in [3.63, 3.8) is 0 Å². The molecule has 3 rings (SSSR count). The van der Waals surface area contributed by atoms with Crippen molar-refractivity contribution in [2.45, 2.75) is 6.18 Å². The van der Waals surface area contributed by atoms with Crippen LogP contribution in [0.25, 0.3) is 5.69 Å². The lowest BCUT2D eigenvalue weighted by atomic mass is 10.2. The fourth-order valence-corrected chi connectivity index (χ4v) is 3.51. The van der Waals surface area contributed by atoms with E-state index in [4.69, 9.17) is 11.6 Å². The largest absolute Gasteiger partial charge is 0.431 e. The molecule has 0 unspecified atom stereocenters. The quantitative estimate of drug-likeness (QED) is 0.661. The third-order valence-electron chi connectivity index (χ3n) is 3.94. The second-order valence-corrected chi connectivity index (χ2v) is 7.15. The number of thioether (sulfide) groups is 1. The number of hydrogen-bond acceptors (Lipinski definition) is 5. The molecule has 0 N–H and O–H groups in total. The summed E-state index contributed by atoms with van der Waals surface area (Å²) in [7, 11) is 4.30. The highest BCUT2D eigenvalue weighted by Gasteiger charge is 2.35. The van der Waals surface area contributed by atoms with Gasteiger partial charge in [0.15, 0.2) is 5.17 Å². The highest BCUT2D eigenvalue weighted by atomic mass is 35.5. The molecule has 0 atom stereocenters. The molecule has 29 heavy (non-hydrogen) atoms. The number of carbonyl (C=O) groups excluding carboxylic acids is 1. The van der Waals surface area contributed by atoms with Gasteiger partial charge >= 0.3 is 11.9 Å². The Morgan fingerprint density at radius 2 is 1.86 bits per heavy atom. The van der Waals surface area contributed by atoms with Gasteiger partial charge in [0, 0.05) is 20.2 Å². The van der Waals surface area contributed by atoms with Crippen molar-refractivity contribution in [2.75, 3.05) is 5.75 Å². The number of hydrogen-bond donors (Lipinski definition) is 0. The lowest BCUT2D eigenvalue weighted by Gasteiger charge is -2.15. The first-order chi connectivity index (χ1) is 13.4. The van der Waals surface area contributed by atoms with Gasteiger partial charge in [-0.05, 0) is 12.1 Å². The average molecular weight is 450 g/mol. The summed E-state index contributed by atoms with van der Waals surface area (Å²) in [6.07, 6.45) is -4.95. The van der Waals surface area contributed by atoms with E-state index in [0.717, 1.165) is 35.8 Å². The molecular weight excluding hydrogens is 440 g/mol. The number of carbonyl (C=O) groups is 1. The summed E-state index contributed by atoms with van der Waals surface area (Å²) in [5.41, 5.74) is -5.02. The van der Waals surface area contributed by atoms with Gasteiger partial charge < -0.3 is 0 Å². The maximum atomic E-state index is 14.4. The van der Waals surface area contributed by atoms with Crippen LogP contribution in [-0.4, -0.2) is 30.9 Å². The van der Waals surface area contributed by atoms with Crippen molar-refractivity contribution < 1.29 is 22.4 Å². The lowest BCUT2D eigenvalue weighted by molar-refractivity contribution is -0.144. The summed E-state index contributed by atoms with van der Waals surface area (Å²) < 4.78 is 53.8. The molecular formula is C16H10ClF4N4O3S. The summed E-state index contributed by atoms with van der Waals surface area (Å²) in [6, 6.07) is 1.87. The van der Waals surface area contributed by atoms with Crippen LogP contribution in [0.3, 0.4) is 0 Å². The molecule has 1 aromatic heterocycles. The molecule has 2 heterocycles. The molecule has 0 spiro atoms. The first-order valence-corrected chi connectivity index (χ1v) is 9.03. The molecule has 13 heteroatoms. The predicted molar refractivity (Wildman–Crippen MR) is 99.0 cm³/mol. The van der Waals surface area contributed by atoms with Gasteiger partial charge in [0.2, 0.25) is 5.91 Å². The fraction of sp³-hybridized carbons (Fsp3) is 0.188. The first-order valence-electron chi connectivity index (χ1n) is 7.66. The maximum Gasteiger partial charge on any atom is 0.431 e. The second kappa shape index (κ2) is 7.34. The zero-order chi connectivity index (χ0) is 21.7. The standard InChI is InChI=1S/C16H10ClF4N4O3S/c1-23-11(16(19,20)21)5-12(26)25(15(23)28)10-4-9(7(17)3-8(10)18)22-14-24(2)13(27)6-29-14/h3-5H,2,6H2,1H3/b22-14-. The molecule has 2 aromatic rings. The van der Waals surface area contributed by atoms with Gasteiger partial charge in [-0.1, -0.05) is 23.4 Å². The molecule has 1 fully saturated rings. The van der Waals surface area contributed by atoms with Crippen LogP contribution >= 0.6 is 23.4 Å². The Balaban J connectivity index is 2.22. The van der Waals surface area contributed by atoms with E-state index in [0.29, 0.717) is 0 Å². The number of benzene rings is 1. The van der Waals surface area contributed by atoms with Crippen LogP contribution < -0.4 is 11.2 Å². The number of halogens is 5. The van der Waals surface area contributed by atoms with Crippen LogP contribution in [0.4, 0.5) is 23.2 Å². The third-order valence-corrected chi connectivity index (χ3v) is 5.20. The van der Waals surface area contributed by atoms with Crippen LogP contribution in [-0.2, 0) is 18.0 Å². The molecule has 7 nitrogen and oxygen atoms in total. The minimum atomic E-state index is -4.95. The third kappa shape index (κ3) is 3.81. The van der Waals surface area contributed by atoms with E-state index in [1.165, 1.54) is 0 Å². The monoisotopic (exact) mass is 449 g/mol. The van der Waals surface area contributed by atoms with Crippen LogP contribution in [0.5, 0.6) is 0 Å². The van der Waals surface area contributed by atoms with Gasteiger partial charge in [-0.25, -0.2) is 18.7 Å². The van der Waals surface area contributed by atoms with Crippen LogP contribution in [0, 0.1) is 12.9 Å². The minimum Gasteiger partial charge on any atom is -0.292 e. The second-order valence-electron chi connectivity index (χ2n) is 5.80. The zero-order valence-electron chi connectivity index (χ0n) is 14.5. The Kier molecular flexibility index (Phi) is 5.34. The Hall–Kier alpha value is -2.60. The highest BCUT2D eigenvalue weighted by molar-refractivity contribution is 8.15. The lowest BCUT2D eigenvalue weighted by Crippen LogP contribution is -2.41. The number of aromatic nitrogens is 2. The van der Waals surface area contributed by atoms with Gasteiger partial charge in [0.1, 0.15) is 11.5 Å². The first kappa shape index (κ1) is 21.1. The Bertz CT molecular complexity index is 1170. The van der Waals surface area contributed by atoms with Crippen LogP contribution in [0.15, 0.2) is 32.8 Å². The average Bonchev–Trinajstić information content (AvgIpc) is 2.93. The van der Waals surface area contributed by atoms with E-state index in [-0.39, 0.29) is 42.7 Å². The number of alkyl halides is 3. The Labute approximate surface area is 169 Å². The smallest absolute Gasteiger partial charge is 0.292 e. The van der Waals surface area contributed by atoms with Crippen molar-refractivity contribution in [3.8, 4) is 5.69 Å². The van der Waals surface area contributed by atoms with Gasteiger partial charge in [-0.2, -0.15) is 13.2 Å². The Morgan fingerprint density at radius 3 is 2.41 bits per heavy atom. The van der Waals surface area contributed by atoms with Gasteiger partial charge in [0.05, 0.1) is 22.2 Å². The van der Waals surface area contributed by atoms with E-state index in [1.807, 2.05) is 0 Å². The number of nitrogens with zero attached hydrogens (tertiary/aromatic N) is 4. The van der Waals surface area contributed by atoms with E-state index in [9.17, 15) is 31.9 Å². The summed E-state index contributed by atoms with van der Waals surface area (Å²) in [5, 5.41) is -0.0639. The molecule has 0 aliphatic carbocycles. The molecule has 1 amide bonds. The fourth-order valence-electron chi connectivity index (χ4n) is 2.49. The zero-order valence-corrected chi connectivity index (χ0v) is 16.0. The summed E-state index contributed by atoms with van der Waals surface area (Å²) in [6.45, 7) is 0. The summed E-state index contributed by atoms with van der Waals surface area (Å²) >= 11 is 6.98. The van der Waals surface area contributed by atoms with Crippen molar-refractivity contribution in [1.82, 2.24) is 14.0 Å². The van der Waals surface area contributed by atoms with E-state index in [1.54, 1.807) is 0 Å². The van der Waals surface area contributed by atoms with Crippen molar-refractivity contribution in [3.05, 3.63) is 62.6 Å². The van der Waals surface area contributed by atoms with E-state index < -0.39 is 34.6 Å². The van der Waals surface area contributed by atoms with E-state index in [2.05, 4.69) is 12.0 Å². The maximum absolute atomic E-state index is 14.4. The van der Waals surface area contributed by atoms with Crippen LogP contribution in [0.1, 0.15) is 5.69 Å². The normalized spacial score (nSPS) is 16.2. The highest BCUT2D eigenvalue weighted by Crippen LogP contribution is 2.32. The predicted octanol–water partition coefficient (Wildman–Crippen LogP) is 2.70. The summed E-state index contributed by atoms with van der Waals surface area (Å²) in [5.74, 6) is -1.38. The molecule has 1 aliphatic heterocycles. The van der Waals surface area contributed by atoms with Crippen molar-refractivity contribution in [2.24, 2.45) is 12.0 Å². The number of aliphatic imine (C=N–C) groups is 1.